The van der Waals surface area contributed by atoms with E-state index in [1.54, 1.807) is 66.7 Å². The second-order valence-electron chi connectivity index (χ2n) is 9.13. The number of carbonyl (C=O) groups excluding carboxylic acids is 3. The van der Waals surface area contributed by atoms with Gasteiger partial charge in [0.1, 0.15) is 22.5 Å². The minimum Gasteiger partial charge on any atom is -0.465 e. The number of furan rings is 1. The number of amides is 3. The molecule has 0 saturated carbocycles. The zero-order valence-electron chi connectivity index (χ0n) is 22.6. The summed E-state index contributed by atoms with van der Waals surface area (Å²) >= 11 is 7.28. The number of rotatable bonds is 10. The quantitative estimate of drug-likeness (QED) is 0.114. The molecule has 3 aromatic carbocycles. The van der Waals surface area contributed by atoms with Crippen LogP contribution in [0.1, 0.15) is 26.9 Å². The van der Waals surface area contributed by atoms with Crippen molar-refractivity contribution in [3.8, 4) is 0 Å². The van der Waals surface area contributed by atoms with Crippen molar-refractivity contribution in [3.63, 3.8) is 0 Å². The van der Waals surface area contributed by atoms with Crippen LogP contribution in [-0.4, -0.2) is 22.7 Å². The van der Waals surface area contributed by atoms with Crippen LogP contribution in [0.5, 0.6) is 0 Å². The molecule has 0 fully saturated rings. The molecule has 0 bridgehead atoms. The topological polar surface area (TPSA) is 113 Å². The number of carbonyl (C=O) groups is 3. The number of nitrogens with zero attached hydrogens (tertiary/aromatic N) is 1. The van der Waals surface area contributed by atoms with Crippen molar-refractivity contribution in [3.05, 3.63) is 149 Å². The van der Waals surface area contributed by atoms with Gasteiger partial charge in [0.25, 0.3) is 11.8 Å². The number of hydrogen-bond acceptors (Lipinski definition) is 6. The number of hydrogen-bond donors (Lipinski definition) is 3. The standard InChI is InChI=1S/C33H25ClN4O4S/c34-24-13-18-29(35-21-24)38-33(41)30(22-8-3-1-4-9-22)43-27-16-14-25(15-17-27)36-32(40)28(20-26-12-7-19-42-26)37-31(39)23-10-5-2-6-11-23/h1-21,30H,(H,36,40)(H,37,39)(H,35,38,41)/b28-20-. The fourth-order valence-electron chi connectivity index (χ4n) is 3.95. The third kappa shape index (κ3) is 8.22. The van der Waals surface area contributed by atoms with Crippen molar-refractivity contribution in [1.82, 2.24) is 10.3 Å². The highest BCUT2D eigenvalue weighted by atomic mass is 35.5. The number of anilines is 2. The van der Waals surface area contributed by atoms with Crippen LogP contribution in [0.15, 0.2) is 137 Å². The molecule has 5 aromatic rings. The molecule has 214 valence electrons. The minimum atomic E-state index is -0.574. The minimum absolute atomic E-state index is 0.0128. The normalized spacial score (nSPS) is 11.8. The Morgan fingerprint density at radius 3 is 2.19 bits per heavy atom. The Hall–Kier alpha value is -5.12. The van der Waals surface area contributed by atoms with Gasteiger partial charge in [-0.25, -0.2) is 4.98 Å². The smallest absolute Gasteiger partial charge is 0.272 e. The zero-order chi connectivity index (χ0) is 30.0. The predicted molar refractivity (Wildman–Crippen MR) is 169 cm³/mol. The molecular formula is C33H25ClN4O4S. The maximum Gasteiger partial charge on any atom is 0.272 e. The van der Waals surface area contributed by atoms with Gasteiger partial charge in [0.2, 0.25) is 5.91 Å². The van der Waals surface area contributed by atoms with E-state index >= 15 is 0 Å². The van der Waals surface area contributed by atoms with Gasteiger partial charge in [0, 0.05) is 28.4 Å². The van der Waals surface area contributed by atoms with E-state index in [9.17, 15) is 14.4 Å². The largest absolute Gasteiger partial charge is 0.465 e. The highest BCUT2D eigenvalue weighted by Crippen LogP contribution is 2.36. The van der Waals surface area contributed by atoms with Crippen molar-refractivity contribution < 1.29 is 18.8 Å². The first kappa shape index (κ1) is 29.4. The van der Waals surface area contributed by atoms with E-state index in [0.717, 1.165) is 10.5 Å². The van der Waals surface area contributed by atoms with Gasteiger partial charge in [-0.05, 0) is 66.2 Å². The fraction of sp³-hybridized carbons (Fsp3) is 0.0303. The summed E-state index contributed by atoms with van der Waals surface area (Å²) < 4.78 is 5.35. The van der Waals surface area contributed by atoms with E-state index < -0.39 is 17.1 Å². The van der Waals surface area contributed by atoms with Crippen LogP contribution in [0.2, 0.25) is 5.02 Å². The number of halogens is 1. The number of pyridine rings is 1. The lowest BCUT2D eigenvalue weighted by Crippen LogP contribution is -2.30. The third-order valence-electron chi connectivity index (χ3n) is 6.04. The number of thioether (sulfide) groups is 1. The first-order valence-electron chi connectivity index (χ1n) is 13.1. The summed E-state index contributed by atoms with van der Waals surface area (Å²) in [6.45, 7) is 0. The molecule has 1 atom stereocenters. The van der Waals surface area contributed by atoms with E-state index in [1.807, 2.05) is 42.5 Å². The molecule has 8 nitrogen and oxygen atoms in total. The highest BCUT2D eigenvalue weighted by Gasteiger charge is 2.23. The number of nitrogens with one attached hydrogen (secondary N) is 3. The third-order valence-corrected chi connectivity index (χ3v) is 7.53. The van der Waals surface area contributed by atoms with Crippen LogP contribution in [0.25, 0.3) is 6.08 Å². The Morgan fingerprint density at radius 2 is 1.53 bits per heavy atom. The highest BCUT2D eigenvalue weighted by molar-refractivity contribution is 8.00. The zero-order valence-corrected chi connectivity index (χ0v) is 24.1. The SMILES string of the molecule is O=C(Nc1ccc(SC(C(=O)Nc2ccc(Cl)cn2)c2ccccc2)cc1)/C(=C/c1ccco1)NC(=O)c1ccccc1. The maximum atomic E-state index is 13.3. The Balaban J connectivity index is 1.30. The summed E-state index contributed by atoms with van der Waals surface area (Å²) in [7, 11) is 0. The molecule has 0 saturated heterocycles. The monoisotopic (exact) mass is 608 g/mol. The van der Waals surface area contributed by atoms with Gasteiger partial charge >= 0.3 is 0 Å². The van der Waals surface area contributed by atoms with Gasteiger partial charge in [-0.15, -0.1) is 11.8 Å². The van der Waals surface area contributed by atoms with Crippen molar-refractivity contribution in [2.45, 2.75) is 10.1 Å². The Labute approximate surface area is 257 Å². The van der Waals surface area contributed by atoms with E-state index in [1.165, 1.54) is 30.3 Å². The summed E-state index contributed by atoms with van der Waals surface area (Å²) in [6.07, 6.45) is 4.40. The summed E-state index contributed by atoms with van der Waals surface area (Å²) in [6, 6.07) is 31.7. The lowest BCUT2D eigenvalue weighted by Gasteiger charge is -2.17. The molecular weight excluding hydrogens is 584 g/mol. The Bertz CT molecular complexity index is 1710. The van der Waals surface area contributed by atoms with Crippen LogP contribution in [0, 0.1) is 0 Å². The van der Waals surface area contributed by atoms with Gasteiger partial charge < -0.3 is 20.4 Å². The van der Waals surface area contributed by atoms with E-state index in [0.29, 0.717) is 27.9 Å². The summed E-state index contributed by atoms with van der Waals surface area (Å²) in [5, 5.41) is 8.23. The molecule has 0 aliphatic carbocycles. The molecule has 0 radical (unpaired) electrons. The van der Waals surface area contributed by atoms with Crippen molar-refractivity contribution in [2.24, 2.45) is 0 Å². The van der Waals surface area contributed by atoms with Gasteiger partial charge in [0.05, 0.1) is 11.3 Å². The molecule has 2 heterocycles. The first-order valence-corrected chi connectivity index (χ1v) is 14.4. The molecule has 10 heteroatoms. The summed E-state index contributed by atoms with van der Waals surface area (Å²) in [5.74, 6) is -0.404. The van der Waals surface area contributed by atoms with Crippen LogP contribution in [-0.2, 0) is 9.59 Å². The molecule has 3 N–H and O–H groups in total. The van der Waals surface area contributed by atoms with E-state index in [2.05, 4.69) is 20.9 Å². The average molecular weight is 609 g/mol. The van der Waals surface area contributed by atoms with Crippen LogP contribution in [0.4, 0.5) is 11.5 Å². The lowest BCUT2D eigenvalue weighted by atomic mass is 10.1. The molecule has 43 heavy (non-hydrogen) atoms. The average Bonchev–Trinajstić information content (AvgIpc) is 3.55. The predicted octanol–water partition coefficient (Wildman–Crippen LogP) is 7.21. The Kier molecular flexibility index (Phi) is 9.68. The molecule has 1 unspecified atom stereocenters. The van der Waals surface area contributed by atoms with Crippen LogP contribution < -0.4 is 16.0 Å². The van der Waals surface area contributed by atoms with Gasteiger partial charge in [-0.1, -0.05) is 60.1 Å². The van der Waals surface area contributed by atoms with E-state index in [4.69, 9.17) is 16.0 Å². The summed E-state index contributed by atoms with van der Waals surface area (Å²) in [5.41, 5.74) is 1.74. The molecule has 5 rings (SSSR count). The molecule has 0 aliphatic heterocycles. The molecule has 0 aliphatic rings. The van der Waals surface area contributed by atoms with E-state index in [-0.39, 0.29) is 11.6 Å². The van der Waals surface area contributed by atoms with Crippen molar-refractivity contribution in [1.29, 1.82) is 0 Å². The first-order chi connectivity index (χ1) is 20.9. The van der Waals surface area contributed by atoms with Crippen LogP contribution >= 0.6 is 23.4 Å². The maximum absolute atomic E-state index is 13.3. The lowest BCUT2D eigenvalue weighted by molar-refractivity contribution is -0.116. The molecule has 0 spiro atoms. The van der Waals surface area contributed by atoms with Crippen molar-refractivity contribution >= 4 is 58.7 Å². The second kappa shape index (κ2) is 14.2. The molecule has 3 amide bonds. The number of benzene rings is 3. The second-order valence-corrected chi connectivity index (χ2v) is 10.7. The van der Waals surface area contributed by atoms with Crippen molar-refractivity contribution in [2.75, 3.05) is 10.6 Å². The Morgan fingerprint density at radius 1 is 0.814 bits per heavy atom. The van der Waals surface area contributed by atoms with Crippen LogP contribution in [0.3, 0.4) is 0 Å². The van der Waals surface area contributed by atoms with Gasteiger partial charge in [-0.3, -0.25) is 14.4 Å². The summed E-state index contributed by atoms with van der Waals surface area (Å²) in [4.78, 5) is 44.3. The van der Waals surface area contributed by atoms with Gasteiger partial charge in [0.15, 0.2) is 0 Å². The van der Waals surface area contributed by atoms with Gasteiger partial charge in [-0.2, -0.15) is 0 Å². The molecule has 2 aromatic heterocycles. The number of aromatic nitrogens is 1. The fourth-order valence-corrected chi connectivity index (χ4v) is 5.09.